The van der Waals surface area contributed by atoms with Crippen LogP contribution < -0.4 is 4.74 Å². The zero-order chi connectivity index (χ0) is 21.3. The quantitative estimate of drug-likeness (QED) is 0.817. The van der Waals surface area contributed by atoms with Crippen LogP contribution in [-0.2, 0) is 4.74 Å². The number of carboxylic acid groups (broad SMARTS) is 1. The maximum Gasteiger partial charge on any atom is 0.410 e. The Balaban J connectivity index is 1.76. The van der Waals surface area contributed by atoms with Crippen LogP contribution in [-0.4, -0.2) is 46.9 Å². The first kappa shape index (κ1) is 20.6. The van der Waals surface area contributed by atoms with Crippen molar-refractivity contribution in [2.45, 2.75) is 39.4 Å². The van der Waals surface area contributed by atoms with Crippen molar-refractivity contribution in [1.82, 2.24) is 4.90 Å². The van der Waals surface area contributed by atoms with Crippen molar-refractivity contribution >= 4 is 12.1 Å². The summed E-state index contributed by atoms with van der Waals surface area (Å²) in [6, 6.07) is 9.19. The van der Waals surface area contributed by atoms with Crippen LogP contribution in [0.1, 0.15) is 36.7 Å². The lowest BCUT2D eigenvalue weighted by atomic mass is 10.0. The number of aryl methyl sites for hydroxylation is 1. The molecule has 6 nitrogen and oxygen atoms in total. The smallest absolute Gasteiger partial charge is 0.410 e. The Bertz CT molecular complexity index is 945. The minimum Gasteiger partial charge on any atom is -0.487 e. The molecule has 1 aliphatic heterocycles. The number of carbonyl (C=O) groups excluding carboxylic acids is 1. The first-order valence-corrected chi connectivity index (χ1v) is 9.31. The lowest BCUT2D eigenvalue weighted by Gasteiger charge is -2.39. The van der Waals surface area contributed by atoms with E-state index >= 15 is 0 Å². The molecule has 0 saturated carbocycles. The molecule has 0 aliphatic carbocycles. The second-order valence-electron chi connectivity index (χ2n) is 8.16. The van der Waals surface area contributed by atoms with Gasteiger partial charge in [0.25, 0.3) is 0 Å². The molecule has 0 spiro atoms. The molecular formula is C22H24FNO5. The number of likely N-dealkylation sites (tertiary alicyclic amines) is 1. The standard InChI is InChI=1S/C22H24FNO5/c1-13-5-6-18(19(23)7-13)14-8-15(20(25)26)10-16(9-14)28-17-11-24(12-17)21(27)29-22(2,3)4/h5-10,17H,11-12H2,1-4H3,(H,25,26). The molecule has 0 unspecified atom stereocenters. The number of amides is 1. The molecule has 1 saturated heterocycles. The third-order valence-corrected chi connectivity index (χ3v) is 4.39. The van der Waals surface area contributed by atoms with Crippen LogP contribution in [0.5, 0.6) is 5.75 Å². The Morgan fingerprint density at radius 3 is 2.41 bits per heavy atom. The molecule has 1 fully saturated rings. The molecule has 0 atom stereocenters. The molecule has 0 aromatic heterocycles. The van der Waals surface area contributed by atoms with Gasteiger partial charge in [-0.25, -0.2) is 14.0 Å². The van der Waals surface area contributed by atoms with Crippen molar-refractivity contribution in [3.63, 3.8) is 0 Å². The number of hydrogen-bond donors (Lipinski definition) is 1. The summed E-state index contributed by atoms with van der Waals surface area (Å²) >= 11 is 0. The number of benzene rings is 2. The summed E-state index contributed by atoms with van der Waals surface area (Å²) in [6.45, 7) is 7.83. The third kappa shape index (κ3) is 5.04. The summed E-state index contributed by atoms with van der Waals surface area (Å²) in [5, 5.41) is 9.40. The Morgan fingerprint density at radius 2 is 1.83 bits per heavy atom. The lowest BCUT2D eigenvalue weighted by Crippen LogP contribution is -2.57. The molecule has 1 N–H and O–H groups in total. The topological polar surface area (TPSA) is 76.1 Å². The summed E-state index contributed by atoms with van der Waals surface area (Å²) in [7, 11) is 0. The molecule has 1 aliphatic rings. The van der Waals surface area contributed by atoms with Gasteiger partial charge in [0, 0.05) is 5.56 Å². The highest BCUT2D eigenvalue weighted by molar-refractivity contribution is 5.90. The second-order valence-corrected chi connectivity index (χ2v) is 8.16. The Morgan fingerprint density at radius 1 is 1.14 bits per heavy atom. The van der Waals surface area contributed by atoms with Crippen molar-refractivity contribution in [3.05, 3.63) is 53.3 Å². The lowest BCUT2D eigenvalue weighted by molar-refractivity contribution is -0.0221. The number of carboxylic acids is 1. The maximum absolute atomic E-state index is 14.4. The van der Waals surface area contributed by atoms with Gasteiger partial charge >= 0.3 is 12.1 Å². The van der Waals surface area contributed by atoms with Gasteiger partial charge in [-0.3, -0.25) is 0 Å². The van der Waals surface area contributed by atoms with Crippen LogP contribution in [0.25, 0.3) is 11.1 Å². The van der Waals surface area contributed by atoms with Crippen molar-refractivity contribution in [3.8, 4) is 16.9 Å². The summed E-state index contributed by atoms with van der Waals surface area (Å²) in [5.41, 5.74) is 0.911. The van der Waals surface area contributed by atoms with Gasteiger partial charge < -0.3 is 19.5 Å². The van der Waals surface area contributed by atoms with E-state index in [1.807, 2.05) is 0 Å². The molecule has 2 aromatic rings. The number of nitrogens with zero attached hydrogens (tertiary/aromatic N) is 1. The fraction of sp³-hybridized carbons (Fsp3) is 0.364. The number of rotatable bonds is 4. The van der Waals surface area contributed by atoms with Gasteiger partial charge in [0.05, 0.1) is 18.7 Å². The van der Waals surface area contributed by atoms with Crippen molar-refractivity contribution < 1.29 is 28.6 Å². The molecule has 1 heterocycles. The SMILES string of the molecule is Cc1ccc(-c2cc(OC3CN(C(=O)OC(C)(C)C)C3)cc(C(=O)O)c2)c(F)c1. The van der Waals surface area contributed by atoms with Crippen LogP contribution >= 0.6 is 0 Å². The van der Waals surface area contributed by atoms with E-state index in [-0.39, 0.29) is 11.7 Å². The first-order chi connectivity index (χ1) is 13.5. The molecule has 3 rings (SSSR count). The molecular weight excluding hydrogens is 377 g/mol. The molecule has 0 bridgehead atoms. The monoisotopic (exact) mass is 401 g/mol. The van der Waals surface area contributed by atoms with Gasteiger partial charge in [-0.1, -0.05) is 12.1 Å². The minimum atomic E-state index is -1.13. The van der Waals surface area contributed by atoms with Gasteiger partial charge in [0.1, 0.15) is 23.3 Å². The second kappa shape index (κ2) is 7.73. The summed E-state index contributed by atoms with van der Waals surface area (Å²) in [4.78, 5) is 25.0. The van der Waals surface area contributed by atoms with Gasteiger partial charge in [0.2, 0.25) is 0 Å². The summed E-state index contributed by atoms with van der Waals surface area (Å²) < 4.78 is 25.5. The van der Waals surface area contributed by atoms with Crippen molar-refractivity contribution in [2.24, 2.45) is 0 Å². The van der Waals surface area contributed by atoms with Crippen LogP contribution in [0.4, 0.5) is 9.18 Å². The predicted octanol–water partition coefficient (Wildman–Crippen LogP) is 4.50. The number of hydrogen-bond acceptors (Lipinski definition) is 4. The fourth-order valence-corrected chi connectivity index (χ4v) is 2.98. The Hall–Kier alpha value is -3.09. The minimum absolute atomic E-state index is 0.000738. The number of carbonyl (C=O) groups is 2. The van der Waals surface area contributed by atoms with Gasteiger partial charge in [-0.2, -0.15) is 0 Å². The molecule has 29 heavy (non-hydrogen) atoms. The normalized spacial score (nSPS) is 14.3. The number of halogens is 1. The molecule has 154 valence electrons. The number of ether oxygens (including phenoxy) is 2. The third-order valence-electron chi connectivity index (χ3n) is 4.39. The Kier molecular flexibility index (Phi) is 5.50. The van der Waals surface area contributed by atoms with E-state index in [1.54, 1.807) is 45.9 Å². The van der Waals surface area contributed by atoms with Gasteiger partial charge in [-0.05, 0) is 63.1 Å². The summed E-state index contributed by atoms with van der Waals surface area (Å²) in [5.74, 6) is -1.25. The van der Waals surface area contributed by atoms with Crippen LogP contribution in [0.3, 0.4) is 0 Å². The highest BCUT2D eigenvalue weighted by Crippen LogP contribution is 2.30. The van der Waals surface area contributed by atoms with Gasteiger partial charge in [0.15, 0.2) is 0 Å². The van der Waals surface area contributed by atoms with E-state index in [9.17, 15) is 19.1 Å². The van der Waals surface area contributed by atoms with Crippen molar-refractivity contribution in [2.75, 3.05) is 13.1 Å². The van der Waals surface area contributed by atoms with Gasteiger partial charge in [-0.15, -0.1) is 0 Å². The number of aromatic carboxylic acids is 1. The average Bonchev–Trinajstić information content (AvgIpc) is 2.55. The van der Waals surface area contributed by atoms with Crippen LogP contribution in [0.15, 0.2) is 36.4 Å². The van der Waals surface area contributed by atoms with E-state index in [4.69, 9.17) is 9.47 Å². The molecule has 1 amide bonds. The molecule has 7 heteroatoms. The zero-order valence-corrected chi connectivity index (χ0v) is 16.9. The van der Waals surface area contributed by atoms with E-state index in [0.717, 1.165) is 5.56 Å². The summed E-state index contributed by atoms with van der Waals surface area (Å²) in [6.07, 6.45) is -0.707. The van der Waals surface area contributed by atoms with Crippen LogP contribution in [0.2, 0.25) is 0 Å². The first-order valence-electron chi connectivity index (χ1n) is 9.31. The highest BCUT2D eigenvalue weighted by Gasteiger charge is 2.35. The van der Waals surface area contributed by atoms with E-state index in [1.165, 1.54) is 23.1 Å². The Labute approximate surface area is 168 Å². The fourth-order valence-electron chi connectivity index (χ4n) is 2.98. The van der Waals surface area contributed by atoms with E-state index < -0.39 is 23.5 Å². The van der Waals surface area contributed by atoms with E-state index in [0.29, 0.717) is 30.0 Å². The largest absolute Gasteiger partial charge is 0.487 e. The maximum atomic E-state index is 14.4. The zero-order valence-electron chi connectivity index (χ0n) is 16.9. The van der Waals surface area contributed by atoms with Crippen molar-refractivity contribution in [1.29, 1.82) is 0 Å². The molecule has 2 aromatic carbocycles. The average molecular weight is 401 g/mol. The van der Waals surface area contributed by atoms with E-state index in [2.05, 4.69) is 0 Å². The highest BCUT2D eigenvalue weighted by atomic mass is 19.1. The van der Waals surface area contributed by atoms with Crippen LogP contribution in [0, 0.1) is 12.7 Å². The molecule has 0 radical (unpaired) electrons. The predicted molar refractivity (Wildman–Crippen MR) is 106 cm³/mol.